The summed E-state index contributed by atoms with van der Waals surface area (Å²) in [7, 11) is 0. The van der Waals surface area contributed by atoms with Gasteiger partial charge in [-0.3, -0.25) is 9.89 Å². The molecule has 3 rings (SSSR count). The number of nitrogens with one attached hydrogen (secondary N) is 1. The number of H-pyrrole nitrogens is 1. The third-order valence-electron chi connectivity index (χ3n) is 3.80. The molecule has 0 amide bonds. The van der Waals surface area contributed by atoms with Crippen LogP contribution in [0.25, 0.3) is 11.3 Å². The Labute approximate surface area is 113 Å². The molecular formula is C16H18N2O. The maximum Gasteiger partial charge on any atom is 0.163 e. The average Bonchev–Trinajstić information content (AvgIpc) is 2.95. The summed E-state index contributed by atoms with van der Waals surface area (Å²) in [6.07, 6.45) is 3.36. The zero-order chi connectivity index (χ0) is 13.6. The van der Waals surface area contributed by atoms with Crippen molar-refractivity contribution in [2.75, 3.05) is 0 Å². The first-order chi connectivity index (χ1) is 8.98. The molecule has 1 aromatic carbocycles. The number of rotatable bonds is 1. The summed E-state index contributed by atoms with van der Waals surface area (Å²) >= 11 is 0. The van der Waals surface area contributed by atoms with Gasteiger partial charge in [-0.25, -0.2) is 0 Å². The van der Waals surface area contributed by atoms with Crippen molar-refractivity contribution in [3.63, 3.8) is 0 Å². The fourth-order valence-electron chi connectivity index (χ4n) is 2.78. The van der Waals surface area contributed by atoms with E-state index in [0.29, 0.717) is 6.42 Å². The van der Waals surface area contributed by atoms with E-state index in [9.17, 15) is 4.79 Å². The Morgan fingerprint density at radius 3 is 2.63 bits per heavy atom. The Bertz CT molecular complexity index is 647. The van der Waals surface area contributed by atoms with Gasteiger partial charge in [-0.15, -0.1) is 0 Å². The van der Waals surface area contributed by atoms with Crippen LogP contribution >= 0.6 is 0 Å². The number of benzene rings is 1. The summed E-state index contributed by atoms with van der Waals surface area (Å²) in [5.74, 6) is 0.258. The van der Waals surface area contributed by atoms with Crippen LogP contribution in [0.5, 0.6) is 0 Å². The molecule has 0 saturated carbocycles. The van der Waals surface area contributed by atoms with E-state index in [2.05, 4.69) is 37.0 Å². The second kappa shape index (κ2) is 4.05. The molecule has 1 aliphatic rings. The molecular weight excluding hydrogens is 236 g/mol. The fourth-order valence-corrected chi connectivity index (χ4v) is 2.78. The summed E-state index contributed by atoms with van der Waals surface area (Å²) in [4.78, 5) is 11.8. The number of fused-ring (bicyclic) bond motifs is 1. The highest BCUT2D eigenvalue weighted by Gasteiger charge is 2.26. The quantitative estimate of drug-likeness (QED) is 0.846. The number of Topliss-reactive ketones (excluding diaryl/α,β-unsaturated/α-hetero) is 1. The van der Waals surface area contributed by atoms with Gasteiger partial charge in [0, 0.05) is 23.1 Å². The van der Waals surface area contributed by atoms with Gasteiger partial charge in [0.25, 0.3) is 0 Å². The van der Waals surface area contributed by atoms with Crippen molar-refractivity contribution in [2.45, 2.75) is 39.0 Å². The number of aromatic nitrogens is 2. The van der Waals surface area contributed by atoms with Crippen molar-refractivity contribution < 1.29 is 4.79 Å². The highest BCUT2D eigenvalue weighted by Crippen LogP contribution is 2.36. The smallest absolute Gasteiger partial charge is 0.163 e. The summed E-state index contributed by atoms with van der Waals surface area (Å²) in [6, 6.07) is 5.98. The van der Waals surface area contributed by atoms with Gasteiger partial charge in [0.2, 0.25) is 0 Å². The topological polar surface area (TPSA) is 45.8 Å². The highest BCUT2D eigenvalue weighted by atomic mass is 16.1. The van der Waals surface area contributed by atoms with Crippen LogP contribution in [0.15, 0.2) is 24.4 Å². The van der Waals surface area contributed by atoms with Crippen LogP contribution in [-0.2, 0) is 11.8 Å². The first-order valence-electron chi connectivity index (χ1n) is 6.68. The van der Waals surface area contributed by atoms with E-state index in [4.69, 9.17) is 0 Å². The molecule has 0 aliphatic heterocycles. The summed E-state index contributed by atoms with van der Waals surface area (Å²) in [5.41, 5.74) is 5.47. The largest absolute Gasteiger partial charge is 0.294 e. The van der Waals surface area contributed by atoms with Gasteiger partial charge < -0.3 is 0 Å². The average molecular weight is 254 g/mol. The molecule has 0 radical (unpaired) electrons. The monoisotopic (exact) mass is 254 g/mol. The highest BCUT2D eigenvalue weighted by molar-refractivity contribution is 6.02. The van der Waals surface area contributed by atoms with Crippen LogP contribution in [0, 0.1) is 0 Å². The predicted octanol–water partition coefficient (Wildman–Crippen LogP) is 3.50. The zero-order valence-electron chi connectivity index (χ0n) is 11.6. The van der Waals surface area contributed by atoms with Crippen molar-refractivity contribution in [1.82, 2.24) is 10.2 Å². The van der Waals surface area contributed by atoms with Crippen molar-refractivity contribution >= 4 is 5.78 Å². The van der Waals surface area contributed by atoms with Crippen molar-refractivity contribution in [3.05, 3.63) is 41.1 Å². The molecule has 3 nitrogen and oxygen atoms in total. The van der Waals surface area contributed by atoms with Crippen molar-refractivity contribution in [1.29, 1.82) is 0 Å². The lowest BCUT2D eigenvalue weighted by atomic mass is 9.84. The molecule has 0 unspecified atom stereocenters. The molecule has 2 aromatic rings. The van der Waals surface area contributed by atoms with Gasteiger partial charge in [-0.05, 0) is 17.4 Å². The number of ketones is 1. The van der Waals surface area contributed by atoms with Gasteiger partial charge in [-0.2, -0.15) is 5.10 Å². The first-order valence-corrected chi connectivity index (χ1v) is 6.68. The molecule has 0 bridgehead atoms. The van der Waals surface area contributed by atoms with E-state index in [-0.39, 0.29) is 11.2 Å². The fraction of sp³-hybridized carbons (Fsp3) is 0.375. The molecule has 1 aliphatic carbocycles. The van der Waals surface area contributed by atoms with Gasteiger partial charge >= 0.3 is 0 Å². The normalized spacial score (nSPS) is 14.8. The maximum absolute atomic E-state index is 11.8. The van der Waals surface area contributed by atoms with Gasteiger partial charge in [0.15, 0.2) is 5.78 Å². The summed E-state index contributed by atoms with van der Waals surface area (Å²) in [6.45, 7) is 6.53. The molecule has 3 heteroatoms. The molecule has 1 aromatic heterocycles. The molecule has 0 fully saturated rings. The van der Waals surface area contributed by atoms with E-state index in [1.54, 1.807) is 0 Å². The number of nitrogens with zero attached hydrogens (tertiary/aromatic N) is 1. The van der Waals surface area contributed by atoms with Crippen LogP contribution in [0.4, 0.5) is 0 Å². The third kappa shape index (κ3) is 1.89. The van der Waals surface area contributed by atoms with Crippen LogP contribution in [0.1, 0.15) is 48.7 Å². The van der Waals surface area contributed by atoms with Crippen LogP contribution in [0.2, 0.25) is 0 Å². The summed E-state index contributed by atoms with van der Waals surface area (Å²) in [5, 5.41) is 7.31. The van der Waals surface area contributed by atoms with Crippen LogP contribution < -0.4 is 0 Å². The van der Waals surface area contributed by atoms with E-state index in [1.165, 1.54) is 11.1 Å². The second-order valence-electron chi connectivity index (χ2n) is 6.16. The van der Waals surface area contributed by atoms with E-state index < -0.39 is 0 Å². The standard InChI is InChI=1S/C16H18N2O/c1-16(2,3)13-9-17-18-15(13)12-6-4-5-11-10(12)7-8-14(11)19/h4-6,9H,7-8H2,1-3H3,(H,17,18). The number of hydrogen-bond acceptors (Lipinski definition) is 2. The molecule has 1 heterocycles. The van der Waals surface area contributed by atoms with Crippen molar-refractivity contribution in [3.8, 4) is 11.3 Å². The van der Waals surface area contributed by atoms with Gasteiger partial charge in [-0.1, -0.05) is 39.0 Å². The Balaban J connectivity index is 2.20. The van der Waals surface area contributed by atoms with Gasteiger partial charge in [0.1, 0.15) is 0 Å². The minimum absolute atomic E-state index is 0.0354. The zero-order valence-corrected chi connectivity index (χ0v) is 11.6. The third-order valence-corrected chi connectivity index (χ3v) is 3.80. The lowest BCUT2D eigenvalue weighted by Gasteiger charge is -2.19. The Morgan fingerprint density at radius 2 is 1.89 bits per heavy atom. The minimum Gasteiger partial charge on any atom is -0.294 e. The maximum atomic E-state index is 11.8. The lowest BCUT2D eigenvalue weighted by molar-refractivity contribution is 0.0994. The molecule has 0 spiro atoms. The first kappa shape index (κ1) is 12.2. The van der Waals surface area contributed by atoms with Gasteiger partial charge in [0.05, 0.1) is 11.9 Å². The Hall–Kier alpha value is -1.90. The van der Waals surface area contributed by atoms with Crippen molar-refractivity contribution in [2.24, 2.45) is 0 Å². The van der Waals surface area contributed by atoms with E-state index in [0.717, 1.165) is 23.2 Å². The van der Waals surface area contributed by atoms with E-state index in [1.807, 2.05) is 18.3 Å². The molecule has 19 heavy (non-hydrogen) atoms. The molecule has 0 saturated heterocycles. The lowest BCUT2D eigenvalue weighted by Crippen LogP contribution is -2.11. The number of aromatic amines is 1. The molecule has 98 valence electrons. The molecule has 1 N–H and O–H groups in total. The van der Waals surface area contributed by atoms with E-state index >= 15 is 0 Å². The Kier molecular flexibility index (Phi) is 2.59. The number of carbonyl (C=O) groups excluding carboxylic acids is 1. The number of hydrogen-bond donors (Lipinski definition) is 1. The van der Waals surface area contributed by atoms with Crippen LogP contribution in [-0.4, -0.2) is 16.0 Å². The Morgan fingerprint density at radius 1 is 1.16 bits per heavy atom. The summed E-state index contributed by atoms with van der Waals surface area (Å²) < 4.78 is 0. The predicted molar refractivity (Wildman–Crippen MR) is 75.4 cm³/mol. The SMILES string of the molecule is CC(C)(C)c1cn[nH]c1-c1cccc2c1CCC2=O. The second-order valence-corrected chi connectivity index (χ2v) is 6.16. The molecule has 0 atom stereocenters. The van der Waals surface area contributed by atoms with Crippen LogP contribution in [0.3, 0.4) is 0 Å². The number of carbonyl (C=O) groups is 1. The minimum atomic E-state index is 0.0354.